The molecule has 0 fully saturated rings. The van der Waals surface area contributed by atoms with Gasteiger partial charge in [-0.15, -0.1) is 0 Å². The van der Waals surface area contributed by atoms with E-state index in [1.807, 2.05) is 48.5 Å². The van der Waals surface area contributed by atoms with Crippen LogP contribution in [0.5, 0.6) is 0 Å². The van der Waals surface area contributed by atoms with Crippen LogP contribution in [0.4, 0.5) is 11.8 Å². The molecule has 0 spiro atoms. The summed E-state index contributed by atoms with van der Waals surface area (Å²) in [6, 6.07) is 15.4. The molecule has 0 radical (unpaired) electrons. The molecule has 2 aromatic carbocycles. The maximum absolute atomic E-state index is 9.01. The molecule has 0 bridgehead atoms. The van der Waals surface area contributed by atoms with E-state index in [1.165, 1.54) is 0 Å². The van der Waals surface area contributed by atoms with Crippen molar-refractivity contribution in [3.63, 3.8) is 0 Å². The Morgan fingerprint density at radius 1 is 0.957 bits per heavy atom. The van der Waals surface area contributed by atoms with Gasteiger partial charge in [-0.05, 0) is 29.8 Å². The van der Waals surface area contributed by atoms with Crippen molar-refractivity contribution in [2.24, 2.45) is 0 Å². The first-order chi connectivity index (χ1) is 11.3. The van der Waals surface area contributed by atoms with Crippen molar-refractivity contribution < 1.29 is 5.11 Å². The molecule has 0 saturated heterocycles. The highest BCUT2D eigenvalue weighted by Crippen LogP contribution is 2.22. The van der Waals surface area contributed by atoms with Crippen LogP contribution in [0, 0.1) is 0 Å². The van der Waals surface area contributed by atoms with Crippen LogP contribution >= 0.6 is 11.6 Å². The SMILES string of the molecule is OCCNc1nc(NCc2ccc(Cl)cc2)nc2ccccc12. The van der Waals surface area contributed by atoms with Crippen LogP contribution in [0.2, 0.25) is 5.02 Å². The second-order valence-corrected chi connectivity index (χ2v) is 5.48. The normalized spacial score (nSPS) is 10.7. The Morgan fingerprint density at radius 2 is 1.74 bits per heavy atom. The third kappa shape index (κ3) is 3.88. The first-order valence-corrected chi connectivity index (χ1v) is 7.74. The summed E-state index contributed by atoms with van der Waals surface area (Å²) < 4.78 is 0. The topological polar surface area (TPSA) is 70.1 Å². The number of aromatic nitrogens is 2. The van der Waals surface area contributed by atoms with Gasteiger partial charge in [0.05, 0.1) is 12.1 Å². The Bertz CT molecular complexity index is 792. The van der Waals surface area contributed by atoms with Crippen molar-refractivity contribution in [2.45, 2.75) is 6.54 Å². The maximum Gasteiger partial charge on any atom is 0.225 e. The molecule has 3 N–H and O–H groups in total. The minimum Gasteiger partial charge on any atom is -0.395 e. The summed E-state index contributed by atoms with van der Waals surface area (Å²) in [5.41, 5.74) is 1.94. The fourth-order valence-electron chi connectivity index (χ4n) is 2.25. The molecule has 0 aliphatic heterocycles. The van der Waals surface area contributed by atoms with Crippen molar-refractivity contribution in [3.05, 3.63) is 59.1 Å². The fourth-order valence-corrected chi connectivity index (χ4v) is 2.37. The van der Waals surface area contributed by atoms with E-state index in [1.54, 1.807) is 0 Å². The van der Waals surface area contributed by atoms with Crippen LogP contribution in [-0.4, -0.2) is 28.2 Å². The molecule has 0 aliphatic rings. The van der Waals surface area contributed by atoms with E-state index in [0.29, 0.717) is 29.9 Å². The molecule has 0 amide bonds. The van der Waals surface area contributed by atoms with E-state index < -0.39 is 0 Å². The number of hydrogen-bond acceptors (Lipinski definition) is 5. The molecule has 0 unspecified atom stereocenters. The molecule has 6 heteroatoms. The van der Waals surface area contributed by atoms with Crippen molar-refractivity contribution >= 4 is 34.3 Å². The third-order valence-electron chi connectivity index (χ3n) is 3.37. The number of fused-ring (bicyclic) bond motifs is 1. The number of aliphatic hydroxyl groups is 1. The summed E-state index contributed by atoms with van der Waals surface area (Å²) >= 11 is 5.89. The molecule has 3 rings (SSSR count). The van der Waals surface area contributed by atoms with Gasteiger partial charge in [-0.1, -0.05) is 35.9 Å². The Kier molecular flexibility index (Phi) is 4.90. The number of nitrogens with one attached hydrogen (secondary N) is 2. The third-order valence-corrected chi connectivity index (χ3v) is 3.62. The van der Waals surface area contributed by atoms with Gasteiger partial charge in [-0.3, -0.25) is 0 Å². The predicted octanol–water partition coefficient (Wildman–Crippen LogP) is 3.30. The number of halogens is 1. The van der Waals surface area contributed by atoms with E-state index in [9.17, 15) is 0 Å². The van der Waals surface area contributed by atoms with Crippen molar-refractivity contribution in [3.8, 4) is 0 Å². The molecule has 5 nitrogen and oxygen atoms in total. The van der Waals surface area contributed by atoms with Gasteiger partial charge in [-0.2, -0.15) is 4.98 Å². The quantitative estimate of drug-likeness (QED) is 0.647. The van der Waals surface area contributed by atoms with Gasteiger partial charge in [0.15, 0.2) is 0 Å². The second-order valence-electron chi connectivity index (χ2n) is 5.04. The average molecular weight is 329 g/mol. The summed E-state index contributed by atoms with van der Waals surface area (Å²) in [7, 11) is 0. The Morgan fingerprint density at radius 3 is 2.52 bits per heavy atom. The number of benzene rings is 2. The van der Waals surface area contributed by atoms with Crippen LogP contribution in [0.3, 0.4) is 0 Å². The zero-order valence-electron chi connectivity index (χ0n) is 12.5. The van der Waals surface area contributed by atoms with Crippen molar-refractivity contribution in [2.75, 3.05) is 23.8 Å². The summed E-state index contributed by atoms with van der Waals surface area (Å²) in [5, 5.41) is 17.0. The largest absolute Gasteiger partial charge is 0.395 e. The van der Waals surface area contributed by atoms with E-state index in [-0.39, 0.29) is 6.61 Å². The molecular formula is C17H17ClN4O. The lowest BCUT2D eigenvalue weighted by molar-refractivity contribution is 0.311. The zero-order chi connectivity index (χ0) is 16.1. The minimum atomic E-state index is 0.0475. The van der Waals surface area contributed by atoms with Crippen LogP contribution in [0.15, 0.2) is 48.5 Å². The minimum absolute atomic E-state index is 0.0475. The van der Waals surface area contributed by atoms with Crippen LogP contribution in [0.1, 0.15) is 5.56 Å². The zero-order valence-corrected chi connectivity index (χ0v) is 13.2. The molecule has 0 aliphatic carbocycles. The van der Waals surface area contributed by atoms with Crippen LogP contribution in [-0.2, 0) is 6.54 Å². The second kappa shape index (κ2) is 7.26. The number of rotatable bonds is 6. The highest BCUT2D eigenvalue weighted by molar-refractivity contribution is 6.30. The lowest BCUT2D eigenvalue weighted by Crippen LogP contribution is -2.10. The number of nitrogens with zero attached hydrogens (tertiary/aromatic N) is 2. The predicted molar refractivity (Wildman–Crippen MR) is 93.9 cm³/mol. The first-order valence-electron chi connectivity index (χ1n) is 7.36. The molecular weight excluding hydrogens is 312 g/mol. The van der Waals surface area contributed by atoms with Crippen molar-refractivity contribution in [1.29, 1.82) is 0 Å². The lowest BCUT2D eigenvalue weighted by atomic mass is 10.2. The first kappa shape index (κ1) is 15.5. The number of aliphatic hydroxyl groups excluding tert-OH is 1. The Hall–Kier alpha value is -2.37. The number of para-hydroxylation sites is 1. The summed E-state index contributed by atoms with van der Waals surface area (Å²) in [4.78, 5) is 9.03. The van der Waals surface area contributed by atoms with Crippen molar-refractivity contribution in [1.82, 2.24) is 9.97 Å². The van der Waals surface area contributed by atoms with E-state index in [0.717, 1.165) is 16.5 Å². The molecule has 118 valence electrons. The highest BCUT2D eigenvalue weighted by Gasteiger charge is 2.07. The Labute approximate surface area is 139 Å². The lowest BCUT2D eigenvalue weighted by Gasteiger charge is -2.11. The molecule has 0 saturated carbocycles. The number of hydrogen-bond donors (Lipinski definition) is 3. The smallest absolute Gasteiger partial charge is 0.225 e. The van der Waals surface area contributed by atoms with Gasteiger partial charge in [0, 0.05) is 23.5 Å². The van der Waals surface area contributed by atoms with E-state index >= 15 is 0 Å². The van der Waals surface area contributed by atoms with Gasteiger partial charge in [-0.25, -0.2) is 4.98 Å². The van der Waals surface area contributed by atoms with E-state index in [2.05, 4.69) is 20.6 Å². The molecule has 3 aromatic rings. The average Bonchev–Trinajstić information content (AvgIpc) is 2.59. The van der Waals surface area contributed by atoms with Gasteiger partial charge in [0.25, 0.3) is 0 Å². The molecule has 1 aromatic heterocycles. The van der Waals surface area contributed by atoms with Gasteiger partial charge < -0.3 is 15.7 Å². The molecule has 1 heterocycles. The Balaban J connectivity index is 1.83. The molecule has 23 heavy (non-hydrogen) atoms. The summed E-state index contributed by atoms with van der Waals surface area (Å²) in [5.74, 6) is 1.25. The van der Waals surface area contributed by atoms with Crippen LogP contribution < -0.4 is 10.6 Å². The molecule has 0 atom stereocenters. The standard InChI is InChI=1S/C17H17ClN4O/c18-13-7-5-12(6-8-13)11-20-17-21-15-4-2-1-3-14(15)16(22-17)19-9-10-23/h1-8,23H,9-11H2,(H2,19,20,21,22). The number of anilines is 2. The summed E-state index contributed by atoms with van der Waals surface area (Å²) in [6.07, 6.45) is 0. The van der Waals surface area contributed by atoms with E-state index in [4.69, 9.17) is 16.7 Å². The highest BCUT2D eigenvalue weighted by atomic mass is 35.5. The fraction of sp³-hybridized carbons (Fsp3) is 0.176. The van der Waals surface area contributed by atoms with Gasteiger partial charge in [0.2, 0.25) is 5.95 Å². The summed E-state index contributed by atoms with van der Waals surface area (Å²) in [6.45, 7) is 1.10. The van der Waals surface area contributed by atoms with Gasteiger partial charge in [0.1, 0.15) is 5.82 Å². The van der Waals surface area contributed by atoms with Gasteiger partial charge >= 0.3 is 0 Å². The monoisotopic (exact) mass is 328 g/mol. The maximum atomic E-state index is 9.01. The van der Waals surface area contributed by atoms with Crippen LogP contribution in [0.25, 0.3) is 10.9 Å².